The largest absolute Gasteiger partial charge is 0.313 e. The van der Waals surface area contributed by atoms with Crippen molar-refractivity contribution in [3.63, 3.8) is 0 Å². The number of hydrogen-bond acceptors (Lipinski definition) is 2. The molecule has 0 amide bonds. The van der Waals surface area contributed by atoms with E-state index in [4.69, 9.17) is 0 Å². The first-order valence-electron chi connectivity index (χ1n) is 9.14. The summed E-state index contributed by atoms with van der Waals surface area (Å²) in [6.45, 7) is 8.74. The minimum Gasteiger partial charge on any atom is -0.313 e. The third-order valence-corrected chi connectivity index (χ3v) is 5.46. The summed E-state index contributed by atoms with van der Waals surface area (Å²) in [6.07, 6.45) is 13.1. The molecule has 0 aromatic heterocycles. The van der Waals surface area contributed by atoms with Crippen LogP contribution in [-0.2, 0) is 0 Å². The van der Waals surface area contributed by atoms with Crippen LogP contribution in [0.25, 0.3) is 0 Å². The molecule has 3 saturated carbocycles. The second-order valence-electron chi connectivity index (χ2n) is 8.27. The lowest BCUT2D eigenvalue weighted by Crippen LogP contribution is -2.47. The van der Waals surface area contributed by atoms with Crippen molar-refractivity contribution in [1.82, 2.24) is 10.2 Å². The van der Waals surface area contributed by atoms with Crippen LogP contribution in [0.4, 0.5) is 0 Å². The second-order valence-corrected chi connectivity index (χ2v) is 8.27. The zero-order chi connectivity index (χ0) is 14.0. The predicted octanol–water partition coefficient (Wildman–Crippen LogP) is 3.81. The number of hydrogen-bond donors (Lipinski definition) is 1. The number of nitrogens with zero attached hydrogens (tertiary/aromatic N) is 1. The standard InChI is InChI=1S/C18H34N2/c1-15(2)12-20(17-8-9-17)14-18(10-4-3-5-11-18)13-19-16-6-7-16/h15-17,19H,3-14H2,1-2H3. The molecule has 2 heteroatoms. The van der Waals surface area contributed by atoms with E-state index in [0.717, 1.165) is 18.0 Å². The summed E-state index contributed by atoms with van der Waals surface area (Å²) in [5.41, 5.74) is 0.596. The predicted molar refractivity (Wildman–Crippen MR) is 86.0 cm³/mol. The van der Waals surface area contributed by atoms with Gasteiger partial charge in [-0.2, -0.15) is 0 Å². The zero-order valence-electron chi connectivity index (χ0n) is 13.7. The molecule has 0 unspecified atom stereocenters. The molecule has 0 bridgehead atoms. The fourth-order valence-electron chi connectivity index (χ4n) is 4.02. The van der Waals surface area contributed by atoms with E-state index in [2.05, 4.69) is 24.1 Å². The summed E-state index contributed by atoms with van der Waals surface area (Å²) < 4.78 is 0. The van der Waals surface area contributed by atoms with Gasteiger partial charge >= 0.3 is 0 Å². The van der Waals surface area contributed by atoms with E-state index in [1.165, 1.54) is 77.4 Å². The molecule has 0 radical (unpaired) electrons. The lowest BCUT2D eigenvalue weighted by atomic mass is 9.73. The highest BCUT2D eigenvalue weighted by atomic mass is 15.2. The van der Waals surface area contributed by atoms with Crippen molar-refractivity contribution in [3.8, 4) is 0 Å². The molecule has 3 fully saturated rings. The minimum absolute atomic E-state index is 0.596. The number of nitrogens with one attached hydrogen (secondary N) is 1. The Morgan fingerprint density at radius 3 is 2.30 bits per heavy atom. The van der Waals surface area contributed by atoms with Gasteiger partial charge in [0.05, 0.1) is 0 Å². The molecule has 116 valence electrons. The van der Waals surface area contributed by atoms with Crippen LogP contribution in [0.15, 0.2) is 0 Å². The quantitative estimate of drug-likeness (QED) is 0.726. The zero-order valence-corrected chi connectivity index (χ0v) is 13.7. The van der Waals surface area contributed by atoms with Gasteiger partial charge in [0, 0.05) is 31.7 Å². The van der Waals surface area contributed by atoms with Crippen LogP contribution in [0.2, 0.25) is 0 Å². The molecule has 3 rings (SSSR count). The van der Waals surface area contributed by atoms with E-state index in [-0.39, 0.29) is 0 Å². The minimum atomic E-state index is 0.596. The van der Waals surface area contributed by atoms with Crippen molar-refractivity contribution in [1.29, 1.82) is 0 Å². The average Bonchev–Trinajstić information content (AvgIpc) is 3.29. The van der Waals surface area contributed by atoms with E-state index in [1.807, 2.05) is 0 Å². The Kier molecular flexibility index (Phi) is 4.72. The Labute approximate surface area is 125 Å². The smallest absolute Gasteiger partial charge is 0.00967 e. The van der Waals surface area contributed by atoms with Gasteiger partial charge in [-0.05, 0) is 49.9 Å². The van der Waals surface area contributed by atoms with Crippen molar-refractivity contribution in [2.75, 3.05) is 19.6 Å². The van der Waals surface area contributed by atoms with Crippen molar-refractivity contribution in [2.24, 2.45) is 11.3 Å². The summed E-state index contributed by atoms with van der Waals surface area (Å²) in [5, 5.41) is 3.86. The maximum atomic E-state index is 3.86. The Morgan fingerprint density at radius 2 is 1.75 bits per heavy atom. The third kappa shape index (κ3) is 4.21. The molecule has 3 aliphatic rings. The molecule has 0 heterocycles. The van der Waals surface area contributed by atoms with E-state index in [0.29, 0.717) is 5.41 Å². The molecule has 1 N–H and O–H groups in total. The molecule has 3 aliphatic carbocycles. The van der Waals surface area contributed by atoms with Gasteiger partial charge in [-0.25, -0.2) is 0 Å². The van der Waals surface area contributed by atoms with Crippen LogP contribution in [0.1, 0.15) is 71.6 Å². The van der Waals surface area contributed by atoms with Gasteiger partial charge in [-0.3, -0.25) is 4.90 Å². The number of rotatable bonds is 8. The maximum Gasteiger partial charge on any atom is 0.00967 e. The first kappa shape index (κ1) is 14.8. The van der Waals surface area contributed by atoms with Crippen molar-refractivity contribution < 1.29 is 0 Å². The summed E-state index contributed by atoms with van der Waals surface area (Å²) in [4.78, 5) is 2.85. The Morgan fingerprint density at radius 1 is 1.05 bits per heavy atom. The fourth-order valence-corrected chi connectivity index (χ4v) is 4.02. The van der Waals surface area contributed by atoms with Crippen LogP contribution < -0.4 is 5.32 Å². The monoisotopic (exact) mass is 278 g/mol. The molecule has 0 aromatic carbocycles. The molecule has 0 atom stereocenters. The summed E-state index contributed by atoms with van der Waals surface area (Å²) >= 11 is 0. The summed E-state index contributed by atoms with van der Waals surface area (Å²) in [6, 6.07) is 1.80. The van der Waals surface area contributed by atoms with Crippen molar-refractivity contribution in [2.45, 2.75) is 83.7 Å². The third-order valence-electron chi connectivity index (χ3n) is 5.46. The molecule has 0 aromatic rings. The van der Waals surface area contributed by atoms with Gasteiger partial charge in [0.1, 0.15) is 0 Å². The lowest BCUT2D eigenvalue weighted by Gasteiger charge is -2.42. The van der Waals surface area contributed by atoms with Gasteiger partial charge in [-0.1, -0.05) is 33.1 Å². The van der Waals surface area contributed by atoms with Gasteiger partial charge in [0.25, 0.3) is 0 Å². The Hall–Kier alpha value is -0.0800. The van der Waals surface area contributed by atoms with Crippen molar-refractivity contribution >= 4 is 0 Å². The second kappa shape index (κ2) is 6.36. The SMILES string of the molecule is CC(C)CN(CC1(CNC2CC2)CCCCC1)C1CC1. The molecule has 20 heavy (non-hydrogen) atoms. The fraction of sp³-hybridized carbons (Fsp3) is 1.00. The highest BCUT2D eigenvalue weighted by Gasteiger charge is 2.39. The first-order chi connectivity index (χ1) is 9.67. The van der Waals surface area contributed by atoms with Gasteiger partial charge in [0.15, 0.2) is 0 Å². The van der Waals surface area contributed by atoms with Crippen LogP contribution in [0, 0.1) is 11.3 Å². The normalized spacial score (nSPS) is 26.4. The van der Waals surface area contributed by atoms with E-state index >= 15 is 0 Å². The average molecular weight is 278 g/mol. The molecule has 2 nitrogen and oxygen atoms in total. The summed E-state index contributed by atoms with van der Waals surface area (Å²) in [7, 11) is 0. The molecular weight excluding hydrogens is 244 g/mol. The van der Waals surface area contributed by atoms with Crippen molar-refractivity contribution in [3.05, 3.63) is 0 Å². The van der Waals surface area contributed by atoms with Crippen LogP contribution in [0.5, 0.6) is 0 Å². The molecule has 0 spiro atoms. The first-order valence-corrected chi connectivity index (χ1v) is 9.14. The molecular formula is C18H34N2. The van der Waals surface area contributed by atoms with Gasteiger partial charge < -0.3 is 5.32 Å². The van der Waals surface area contributed by atoms with Crippen LogP contribution >= 0.6 is 0 Å². The van der Waals surface area contributed by atoms with Crippen LogP contribution in [0.3, 0.4) is 0 Å². The highest BCUT2D eigenvalue weighted by Crippen LogP contribution is 2.40. The van der Waals surface area contributed by atoms with Crippen LogP contribution in [-0.4, -0.2) is 36.6 Å². The van der Waals surface area contributed by atoms with Gasteiger partial charge in [-0.15, -0.1) is 0 Å². The Bertz CT molecular complexity index is 299. The highest BCUT2D eigenvalue weighted by molar-refractivity contribution is 4.95. The summed E-state index contributed by atoms with van der Waals surface area (Å²) in [5.74, 6) is 0.813. The van der Waals surface area contributed by atoms with E-state index < -0.39 is 0 Å². The molecule has 0 aliphatic heterocycles. The maximum absolute atomic E-state index is 3.86. The topological polar surface area (TPSA) is 15.3 Å². The van der Waals surface area contributed by atoms with Gasteiger partial charge in [0.2, 0.25) is 0 Å². The lowest BCUT2D eigenvalue weighted by molar-refractivity contribution is 0.0891. The molecule has 0 saturated heterocycles. The van der Waals surface area contributed by atoms with E-state index in [9.17, 15) is 0 Å². The van der Waals surface area contributed by atoms with E-state index in [1.54, 1.807) is 0 Å². The Balaban J connectivity index is 1.60.